The molecule has 0 radical (unpaired) electrons. The van der Waals surface area contributed by atoms with Crippen LogP contribution in [0.5, 0.6) is 0 Å². The quantitative estimate of drug-likeness (QED) is 0.167. The molecule has 2 heterocycles. The van der Waals surface area contributed by atoms with Crippen LogP contribution >= 0.6 is 0 Å². The standard InChI is InChI=1S/C52H36N4.C2H6.CH4O/c1-6-16-37(17-7-1)38-26-31-45(32-27-38)55(43-22-12-4-13-23-43)46-33-28-39(29-34-46)42-30-35-48-47(36-42)49-50(40-18-8-2-9-19-40)53-51(41-20-10-3-11-21-41)54-52(49)56(48)44-24-14-5-15-25-44;2*1-2/h1-36H;1-2H3;2H,1H3. The van der Waals surface area contributed by atoms with E-state index in [0.29, 0.717) is 5.82 Å². The van der Waals surface area contributed by atoms with Gasteiger partial charge in [0.05, 0.1) is 16.6 Å². The van der Waals surface area contributed by atoms with Crippen molar-refractivity contribution >= 4 is 39.0 Å². The van der Waals surface area contributed by atoms with Crippen LogP contribution in [-0.2, 0) is 0 Å². The van der Waals surface area contributed by atoms with Gasteiger partial charge < -0.3 is 10.0 Å². The summed E-state index contributed by atoms with van der Waals surface area (Å²) in [5, 5.41) is 9.13. The molecule has 0 atom stereocenters. The van der Waals surface area contributed by atoms with E-state index < -0.39 is 0 Å². The highest BCUT2D eigenvalue weighted by molar-refractivity contribution is 6.15. The number of aromatic nitrogens is 3. The fourth-order valence-electron chi connectivity index (χ4n) is 7.70. The van der Waals surface area contributed by atoms with Crippen LogP contribution in [0.4, 0.5) is 17.1 Å². The van der Waals surface area contributed by atoms with E-state index in [4.69, 9.17) is 15.1 Å². The highest BCUT2D eigenvalue weighted by Gasteiger charge is 2.22. The van der Waals surface area contributed by atoms with E-state index in [0.717, 1.165) is 79.7 Å². The fraction of sp³-hybridized carbons (Fsp3) is 0.0545. The van der Waals surface area contributed by atoms with Gasteiger partial charge in [0.15, 0.2) is 5.82 Å². The normalized spacial score (nSPS) is 10.7. The zero-order chi connectivity index (χ0) is 41.3. The molecule has 0 aliphatic carbocycles. The number of aliphatic hydroxyl groups is 1. The molecule has 0 unspecified atom stereocenters. The Kier molecular flexibility index (Phi) is 12.0. The second-order valence-corrected chi connectivity index (χ2v) is 13.9. The van der Waals surface area contributed by atoms with Crippen molar-refractivity contribution in [2.45, 2.75) is 13.8 Å². The minimum atomic E-state index is 0.699. The van der Waals surface area contributed by atoms with Crippen LogP contribution in [0.2, 0.25) is 0 Å². The molecule has 5 heteroatoms. The Balaban J connectivity index is 0.00000121. The zero-order valence-electron chi connectivity index (χ0n) is 34.0. The van der Waals surface area contributed by atoms with Gasteiger partial charge in [0, 0.05) is 46.4 Å². The number of aliphatic hydroxyl groups excluding tert-OH is 1. The molecule has 0 saturated heterocycles. The lowest BCUT2D eigenvalue weighted by atomic mass is 10.0. The van der Waals surface area contributed by atoms with Gasteiger partial charge in [-0.25, -0.2) is 9.97 Å². The molecule has 0 saturated carbocycles. The summed E-state index contributed by atoms with van der Waals surface area (Å²) in [6, 6.07) is 76.8. The Morgan fingerprint density at radius 3 is 1.37 bits per heavy atom. The summed E-state index contributed by atoms with van der Waals surface area (Å²) in [6.45, 7) is 4.00. The molecule has 10 rings (SSSR count). The van der Waals surface area contributed by atoms with Crippen LogP contribution in [0.1, 0.15) is 13.8 Å². The molecule has 0 amide bonds. The largest absolute Gasteiger partial charge is 0.400 e. The van der Waals surface area contributed by atoms with Crippen LogP contribution in [0, 0.1) is 0 Å². The number of hydrogen-bond donors (Lipinski definition) is 1. The smallest absolute Gasteiger partial charge is 0.162 e. The first-order valence-corrected chi connectivity index (χ1v) is 20.4. The predicted molar refractivity (Wildman–Crippen MR) is 252 cm³/mol. The van der Waals surface area contributed by atoms with Crippen molar-refractivity contribution in [2.24, 2.45) is 0 Å². The van der Waals surface area contributed by atoms with Gasteiger partial charge in [-0.3, -0.25) is 4.57 Å². The van der Waals surface area contributed by atoms with Crippen molar-refractivity contribution in [3.8, 4) is 50.6 Å². The number of rotatable bonds is 8. The van der Waals surface area contributed by atoms with Gasteiger partial charge in [-0.15, -0.1) is 0 Å². The van der Waals surface area contributed by atoms with Crippen molar-refractivity contribution in [3.63, 3.8) is 0 Å². The molecule has 8 aromatic carbocycles. The molecule has 2 aromatic heterocycles. The second kappa shape index (κ2) is 18.3. The van der Waals surface area contributed by atoms with Crippen LogP contribution < -0.4 is 4.90 Å². The first-order valence-electron chi connectivity index (χ1n) is 20.4. The monoisotopic (exact) mass is 778 g/mol. The summed E-state index contributed by atoms with van der Waals surface area (Å²) in [7, 11) is 1.00. The SMILES string of the molecule is CC.CO.c1ccc(-c2ccc(N(c3ccccc3)c3ccc(-c4ccc5c(c4)c4c(-c6ccccc6)nc(-c6ccccc6)nc4n5-c4ccccc4)cc3)cc2)cc1. The third-order valence-corrected chi connectivity index (χ3v) is 10.4. The van der Waals surface area contributed by atoms with Gasteiger partial charge >= 0.3 is 0 Å². The highest BCUT2D eigenvalue weighted by Crippen LogP contribution is 2.41. The molecule has 10 aromatic rings. The number of nitrogens with zero attached hydrogens (tertiary/aromatic N) is 4. The van der Waals surface area contributed by atoms with Crippen LogP contribution in [0.15, 0.2) is 218 Å². The number of hydrogen-bond acceptors (Lipinski definition) is 4. The average Bonchev–Trinajstić information content (AvgIpc) is 3.68. The van der Waals surface area contributed by atoms with Crippen LogP contribution in [-0.4, -0.2) is 26.8 Å². The maximum Gasteiger partial charge on any atom is 0.162 e. The Morgan fingerprint density at radius 1 is 0.400 bits per heavy atom. The Bertz CT molecular complexity index is 2920. The summed E-state index contributed by atoms with van der Waals surface area (Å²) in [6.07, 6.45) is 0. The van der Waals surface area contributed by atoms with Crippen molar-refractivity contribution in [2.75, 3.05) is 12.0 Å². The van der Waals surface area contributed by atoms with Crippen LogP contribution in [0.25, 0.3) is 72.5 Å². The molecule has 0 fully saturated rings. The van der Waals surface area contributed by atoms with Gasteiger partial charge in [-0.05, 0) is 82.9 Å². The fourth-order valence-corrected chi connectivity index (χ4v) is 7.70. The third kappa shape index (κ3) is 7.82. The lowest BCUT2D eigenvalue weighted by Crippen LogP contribution is -2.09. The Morgan fingerprint density at radius 2 is 0.817 bits per heavy atom. The summed E-state index contributed by atoms with van der Waals surface area (Å²) in [4.78, 5) is 12.9. The van der Waals surface area contributed by atoms with E-state index in [1.54, 1.807) is 0 Å². The third-order valence-electron chi connectivity index (χ3n) is 10.4. The summed E-state index contributed by atoms with van der Waals surface area (Å²) >= 11 is 0. The molecule has 0 aliphatic heterocycles. The van der Waals surface area contributed by atoms with Gasteiger partial charge in [0.1, 0.15) is 5.65 Å². The first kappa shape index (κ1) is 39.2. The minimum Gasteiger partial charge on any atom is -0.400 e. The lowest BCUT2D eigenvalue weighted by Gasteiger charge is -2.26. The van der Waals surface area contributed by atoms with Crippen molar-refractivity contribution in [3.05, 3.63) is 218 Å². The number of fused-ring (bicyclic) bond motifs is 3. The van der Waals surface area contributed by atoms with Crippen LogP contribution in [0.3, 0.4) is 0 Å². The van der Waals surface area contributed by atoms with E-state index in [2.05, 4.69) is 204 Å². The molecular formula is C55H46N4O. The molecule has 0 aliphatic rings. The number of anilines is 3. The van der Waals surface area contributed by atoms with Crippen molar-refractivity contribution in [1.82, 2.24) is 14.5 Å². The van der Waals surface area contributed by atoms with Gasteiger partial charge in [0.2, 0.25) is 0 Å². The van der Waals surface area contributed by atoms with Gasteiger partial charge in [0.25, 0.3) is 0 Å². The summed E-state index contributed by atoms with van der Waals surface area (Å²) in [5.41, 5.74) is 13.9. The zero-order valence-corrected chi connectivity index (χ0v) is 34.0. The molecule has 5 nitrogen and oxygen atoms in total. The average molecular weight is 779 g/mol. The van der Waals surface area contributed by atoms with E-state index in [9.17, 15) is 0 Å². The Labute approximate surface area is 352 Å². The number of para-hydroxylation sites is 2. The topological polar surface area (TPSA) is 54.2 Å². The van der Waals surface area contributed by atoms with E-state index in [-0.39, 0.29) is 0 Å². The van der Waals surface area contributed by atoms with Gasteiger partial charge in [-0.2, -0.15) is 0 Å². The molecule has 0 spiro atoms. The summed E-state index contributed by atoms with van der Waals surface area (Å²) in [5.74, 6) is 0.699. The molecule has 1 N–H and O–H groups in total. The van der Waals surface area contributed by atoms with E-state index in [1.165, 1.54) is 11.1 Å². The molecule has 292 valence electrons. The maximum absolute atomic E-state index is 7.00. The minimum absolute atomic E-state index is 0.699. The molecule has 60 heavy (non-hydrogen) atoms. The second-order valence-electron chi connectivity index (χ2n) is 13.9. The first-order chi connectivity index (χ1) is 29.8. The lowest BCUT2D eigenvalue weighted by molar-refractivity contribution is 0.399. The van der Waals surface area contributed by atoms with E-state index in [1.807, 2.05) is 38.1 Å². The van der Waals surface area contributed by atoms with Crippen molar-refractivity contribution < 1.29 is 5.11 Å². The summed E-state index contributed by atoms with van der Waals surface area (Å²) < 4.78 is 2.28. The molecule has 0 bridgehead atoms. The van der Waals surface area contributed by atoms with Crippen molar-refractivity contribution in [1.29, 1.82) is 0 Å². The Hall–Kier alpha value is -7.60. The van der Waals surface area contributed by atoms with E-state index >= 15 is 0 Å². The highest BCUT2D eigenvalue weighted by atomic mass is 16.2. The van der Waals surface area contributed by atoms with Gasteiger partial charge in [-0.1, -0.05) is 172 Å². The maximum atomic E-state index is 7.00. The number of benzene rings is 8. The molecular weight excluding hydrogens is 733 g/mol. The predicted octanol–water partition coefficient (Wildman–Crippen LogP) is 14.3.